The Kier molecular flexibility index (Phi) is 8.04. The number of hydrogen-bond acceptors (Lipinski definition) is 5. The Morgan fingerprint density at radius 2 is 2.14 bits per heavy atom. The minimum Gasteiger partial charge on any atom is -0.484 e. The van der Waals surface area contributed by atoms with Gasteiger partial charge in [0.05, 0.1) is 12.1 Å². The maximum absolute atomic E-state index is 12.7. The highest BCUT2D eigenvalue weighted by Crippen LogP contribution is 2.28. The van der Waals surface area contributed by atoms with Gasteiger partial charge in [-0.1, -0.05) is 12.1 Å². The van der Waals surface area contributed by atoms with Crippen LogP contribution < -0.4 is 15.4 Å². The number of aromatic nitrogens is 2. The minimum absolute atomic E-state index is 0. The summed E-state index contributed by atoms with van der Waals surface area (Å²) in [6.07, 6.45) is 3.79. The van der Waals surface area contributed by atoms with E-state index in [1.807, 2.05) is 37.6 Å². The number of nitrogens with zero attached hydrogens (tertiary/aromatic N) is 3. The molecule has 0 spiro atoms. The first kappa shape index (κ1) is 22.7. The van der Waals surface area contributed by atoms with E-state index in [9.17, 15) is 9.59 Å². The minimum atomic E-state index is -0.124. The van der Waals surface area contributed by atoms with Crippen LogP contribution in [0.2, 0.25) is 0 Å². The lowest BCUT2D eigenvalue weighted by atomic mass is 9.90. The number of likely N-dealkylation sites (N-methyl/N-ethyl adjacent to an activating group) is 1. The van der Waals surface area contributed by atoms with Crippen molar-refractivity contribution in [1.82, 2.24) is 25.3 Å². The molecule has 2 atom stereocenters. The number of amides is 2. The highest BCUT2D eigenvalue weighted by atomic mass is 35.5. The van der Waals surface area contributed by atoms with Crippen LogP contribution in [0.4, 0.5) is 0 Å². The fraction of sp³-hybridized carbons (Fsp3) is 0.450. The largest absolute Gasteiger partial charge is 0.484 e. The Hall–Kier alpha value is -2.58. The smallest absolute Gasteiger partial charge is 0.259 e. The fourth-order valence-electron chi connectivity index (χ4n) is 3.28. The second-order valence-electron chi connectivity index (χ2n) is 7.26. The summed E-state index contributed by atoms with van der Waals surface area (Å²) in [5.74, 6) is 0.529. The van der Waals surface area contributed by atoms with Gasteiger partial charge in [0.1, 0.15) is 5.75 Å². The zero-order valence-electron chi connectivity index (χ0n) is 16.9. The molecule has 3 rings (SSSR count). The third-order valence-corrected chi connectivity index (χ3v) is 4.93. The number of benzene rings is 1. The van der Waals surface area contributed by atoms with E-state index in [-0.39, 0.29) is 42.7 Å². The lowest BCUT2D eigenvalue weighted by molar-refractivity contribution is -0.130. The second kappa shape index (κ2) is 10.3. The normalized spacial score (nSPS) is 18.0. The van der Waals surface area contributed by atoms with Gasteiger partial charge in [0.2, 0.25) is 5.91 Å². The Morgan fingerprint density at radius 3 is 2.83 bits per heavy atom. The number of halogens is 1. The molecule has 0 unspecified atom stereocenters. The zero-order chi connectivity index (χ0) is 20.1. The van der Waals surface area contributed by atoms with Crippen molar-refractivity contribution in [2.45, 2.75) is 12.5 Å². The van der Waals surface area contributed by atoms with Gasteiger partial charge in [-0.3, -0.25) is 14.3 Å². The van der Waals surface area contributed by atoms with Crippen LogP contribution in [0.25, 0.3) is 0 Å². The van der Waals surface area contributed by atoms with E-state index in [4.69, 9.17) is 4.74 Å². The molecule has 0 bridgehead atoms. The average Bonchev–Trinajstić information content (AvgIpc) is 3.33. The van der Waals surface area contributed by atoms with Crippen molar-refractivity contribution in [1.29, 1.82) is 0 Å². The van der Waals surface area contributed by atoms with Gasteiger partial charge >= 0.3 is 0 Å². The number of aryl methyl sites for hydroxylation is 1. The molecule has 8 nitrogen and oxygen atoms in total. The van der Waals surface area contributed by atoms with Crippen LogP contribution in [-0.4, -0.2) is 60.3 Å². The standard InChI is InChI=1S/C20H27N5O3.ClH/c1-24(2)19(26)13-28-16-6-4-5-14(7-16)8-22-20(27)18-11-21-10-17(18)15-9-23-25(3)12-15;/h4-7,9,12,17-18,21H,8,10-11,13H2,1-3H3,(H,22,27);1H/t17-,18+;/m1./s1. The van der Waals surface area contributed by atoms with Gasteiger partial charge in [-0.2, -0.15) is 5.10 Å². The number of carbonyl (C=O) groups is 2. The SMILES string of the molecule is CN(C)C(=O)COc1cccc(CNC(=O)[C@H]2CNC[C@@H]2c2cnn(C)c2)c1.Cl. The monoisotopic (exact) mass is 421 g/mol. The highest BCUT2D eigenvalue weighted by Gasteiger charge is 2.34. The molecule has 1 fully saturated rings. The summed E-state index contributed by atoms with van der Waals surface area (Å²) in [6, 6.07) is 7.42. The van der Waals surface area contributed by atoms with E-state index in [2.05, 4.69) is 15.7 Å². The predicted molar refractivity (Wildman–Crippen MR) is 112 cm³/mol. The maximum atomic E-state index is 12.7. The summed E-state index contributed by atoms with van der Waals surface area (Å²) >= 11 is 0. The molecule has 1 aliphatic heterocycles. The Bertz CT molecular complexity index is 839. The van der Waals surface area contributed by atoms with Gasteiger partial charge in [-0.05, 0) is 23.3 Å². The van der Waals surface area contributed by atoms with Crippen LogP contribution in [0, 0.1) is 5.92 Å². The molecule has 0 saturated carbocycles. The Labute approximate surface area is 177 Å². The molecule has 1 aromatic carbocycles. The number of ether oxygens (including phenoxy) is 1. The van der Waals surface area contributed by atoms with Crippen molar-refractivity contribution in [2.24, 2.45) is 13.0 Å². The number of rotatable bonds is 7. The van der Waals surface area contributed by atoms with Crippen LogP contribution in [0.3, 0.4) is 0 Å². The quantitative estimate of drug-likeness (QED) is 0.694. The van der Waals surface area contributed by atoms with E-state index in [1.54, 1.807) is 24.8 Å². The highest BCUT2D eigenvalue weighted by molar-refractivity contribution is 5.85. The molecule has 2 amide bonds. The first-order chi connectivity index (χ1) is 13.4. The van der Waals surface area contributed by atoms with Crippen LogP contribution in [-0.2, 0) is 23.2 Å². The molecule has 158 valence electrons. The van der Waals surface area contributed by atoms with Crippen molar-refractivity contribution in [3.63, 3.8) is 0 Å². The number of carbonyl (C=O) groups excluding carboxylic acids is 2. The summed E-state index contributed by atoms with van der Waals surface area (Å²) in [4.78, 5) is 25.9. The third kappa shape index (κ3) is 5.95. The average molecular weight is 422 g/mol. The third-order valence-electron chi connectivity index (χ3n) is 4.93. The van der Waals surface area contributed by atoms with E-state index in [0.717, 1.165) is 17.7 Å². The van der Waals surface area contributed by atoms with Crippen molar-refractivity contribution in [2.75, 3.05) is 33.8 Å². The first-order valence-corrected chi connectivity index (χ1v) is 9.33. The molecule has 0 aliphatic carbocycles. The molecule has 2 aromatic rings. The van der Waals surface area contributed by atoms with Gasteiger partial charge in [-0.15, -0.1) is 12.4 Å². The molecular formula is C20H28ClN5O3. The summed E-state index contributed by atoms with van der Waals surface area (Å²) in [7, 11) is 5.25. The Morgan fingerprint density at radius 1 is 1.34 bits per heavy atom. The van der Waals surface area contributed by atoms with Gasteiger partial charge in [-0.25, -0.2) is 0 Å². The Balaban J connectivity index is 0.00000300. The molecule has 1 aliphatic rings. The fourth-order valence-corrected chi connectivity index (χ4v) is 3.28. The second-order valence-corrected chi connectivity index (χ2v) is 7.26. The van der Waals surface area contributed by atoms with Crippen LogP contribution >= 0.6 is 12.4 Å². The lowest BCUT2D eigenvalue weighted by Crippen LogP contribution is -2.34. The first-order valence-electron chi connectivity index (χ1n) is 9.33. The van der Waals surface area contributed by atoms with Crippen LogP contribution in [0.15, 0.2) is 36.7 Å². The topological polar surface area (TPSA) is 88.5 Å². The van der Waals surface area contributed by atoms with Crippen LogP contribution in [0.1, 0.15) is 17.0 Å². The molecule has 0 radical (unpaired) electrons. The van der Waals surface area contributed by atoms with E-state index in [1.165, 1.54) is 4.90 Å². The van der Waals surface area contributed by atoms with Gasteiger partial charge in [0.15, 0.2) is 6.61 Å². The van der Waals surface area contributed by atoms with Crippen molar-refractivity contribution in [3.8, 4) is 5.75 Å². The maximum Gasteiger partial charge on any atom is 0.259 e. The summed E-state index contributed by atoms with van der Waals surface area (Å²) in [5, 5.41) is 10.5. The van der Waals surface area contributed by atoms with Gasteiger partial charge in [0, 0.05) is 52.9 Å². The predicted octanol–water partition coefficient (Wildman–Crippen LogP) is 0.928. The molecule has 2 heterocycles. The van der Waals surface area contributed by atoms with Crippen molar-refractivity contribution in [3.05, 3.63) is 47.8 Å². The van der Waals surface area contributed by atoms with Gasteiger partial charge < -0.3 is 20.3 Å². The molecule has 1 aromatic heterocycles. The molecule has 9 heteroatoms. The van der Waals surface area contributed by atoms with Crippen molar-refractivity contribution >= 4 is 24.2 Å². The number of hydrogen-bond donors (Lipinski definition) is 2. The summed E-state index contributed by atoms with van der Waals surface area (Å²) in [6.45, 7) is 1.82. The van der Waals surface area contributed by atoms with E-state index >= 15 is 0 Å². The van der Waals surface area contributed by atoms with E-state index < -0.39 is 0 Å². The zero-order valence-corrected chi connectivity index (χ0v) is 17.7. The van der Waals surface area contributed by atoms with E-state index in [0.29, 0.717) is 18.8 Å². The van der Waals surface area contributed by atoms with Gasteiger partial charge in [0.25, 0.3) is 5.91 Å². The number of nitrogens with one attached hydrogen (secondary N) is 2. The van der Waals surface area contributed by atoms with Crippen molar-refractivity contribution < 1.29 is 14.3 Å². The molecule has 2 N–H and O–H groups in total. The molecular weight excluding hydrogens is 394 g/mol. The summed E-state index contributed by atoms with van der Waals surface area (Å²) in [5.41, 5.74) is 2.00. The lowest BCUT2D eigenvalue weighted by Gasteiger charge is -2.17. The molecule has 1 saturated heterocycles. The summed E-state index contributed by atoms with van der Waals surface area (Å²) < 4.78 is 7.29. The molecule has 29 heavy (non-hydrogen) atoms. The van der Waals surface area contributed by atoms with Crippen LogP contribution in [0.5, 0.6) is 5.75 Å².